The molecule has 0 bridgehead atoms. The molecule has 0 aliphatic carbocycles. The molecular weight excluding hydrogens is 212 g/mol. The van der Waals surface area contributed by atoms with Crippen molar-refractivity contribution in [3.63, 3.8) is 0 Å². The zero-order valence-electron chi connectivity index (χ0n) is 12.0. The number of ether oxygens (including phenoxy) is 1. The summed E-state index contributed by atoms with van der Waals surface area (Å²) in [4.78, 5) is 5.19. The van der Waals surface area contributed by atoms with Crippen LogP contribution in [0.15, 0.2) is 0 Å². The molecule has 0 amide bonds. The van der Waals surface area contributed by atoms with Crippen LogP contribution in [0.25, 0.3) is 0 Å². The van der Waals surface area contributed by atoms with Crippen LogP contribution < -0.4 is 0 Å². The van der Waals surface area contributed by atoms with Gasteiger partial charge in [-0.1, -0.05) is 13.8 Å². The number of nitrogens with zero attached hydrogens (tertiary/aromatic N) is 2. The summed E-state index contributed by atoms with van der Waals surface area (Å²) in [5.74, 6) is 0.852. The van der Waals surface area contributed by atoms with Gasteiger partial charge in [0.25, 0.3) is 0 Å². The molecule has 0 aromatic carbocycles. The van der Waals surface area contributed by atoms with Crippen LogP contribution in [-0.2, 0) is 4.74 Å². The van der Waals surface area contributed by atoms with Gasteiger partial charge in [-0.3, -0.25) is 0 Å². The Morgan fingerprint density at radius 1 is 0.941 bits per heavy atom. The normalized spacial score (nSPS) is 19.1. The number of hydrogen-bond donors (Lipinski definition) is 0. The zero-order chi connectivity index (χ0) is 12.5. The summed E-state index contributed by atoms with van der Waals surface area (Å²) < 4.78 is 5.09. The van der Waals surface area contributed by atoms with Gasteiger partial charge in [0.2, 0.25) is 0 Å². The van der Waals surface area contributed by atoms with Crippen molar-refractivity contribution >= 4 is 0 Å². The van der Waals surface area contributed by atoms with Crippen molar-refractivity contribution in [1.82, 2.24) is 9.80 Å². The number of piperazine rings is 1. The Morgan fingerprint density at radius 2 is 1.47 bits per heavy atom. The van der Waals surface area contributed by atoms with Crippen LogP contribution in [0, 0.1) is 5.92 Å². The maximum atomic E-state index is 5.09. The van der Waals surface area contributed by atoms with Gasteiger partial charge in [-0.15, -0.1) is 0 Å². The first-order valence-corrected chi connectivity index (χ1v) is 7.16. The average Bonchev–Trinajstić information content (AvgIpc) is 2.31. The third-order valence-electron chi connectivity index (χ3n) is 3.54. The lowest BCUT2D eigenvalue weighted by Crippen LogP contribution is -2.46. The number of rotatable bonds is 8. The lowest BCUT2D eigenvalue weighted by atomic mass is 10.1. The fourth-order valence-corrected chi connectivity index (χ4v) is 2.39. The SMILES string of the molecule is COCCCN1CCN(CCCC(C)C)CC1. The fourth-order valence-electron chi connectivity index (χ4n) is 2.39. The minimum absolute atomic E-state index is 0.852. The van der Waals surface area contributed by atoms with E-state index in [2.05, 4.69) is 23.6 Å². The third kappa shape index (κ3) is 7.02. The molecule has 1 saturated heterocycles. The smallest absolute Gasteiger partial charge is 0.0474 e. The van der Waals surface area contributed by atoms with Crippen molar-refractivity contribution in [2.24, 2.45) is 5.92 Å². The average molecular weight is 242 g/mol. The molecule has 17 heavy (non-hydrogen) atoms. The maximum Gasteiger partial charge on any atom is 0.0474 e. The molecule has 1 rings (SSSR count). The molecule has 1 aliphatic heterocycles. The molecule has 0 aromatic heterocycles. The second-order valence-electron chi connectivity index (χ2n) is 5.57. The molecule has 0 unspecified atom stereocenters. The van der Waals surface area contributed by atoms with Crippen molar-refractivity contribution in [2.45, 2.75) is 33.1 Å². The Balaban J connectivity index is 2.01. The van der Waals surface area contributed by atoms with E-state index in [0.717, 1.165) is 12.5 Å². The number of methoxy groups -OCH3 is 1. The highest BCUT2D eigenvalue weighted by Crippen LogP contribution is 2.07. The lowest BCUT2D eigenvalue weighted by Gasteiger charge is -2.34. The first kappa shape index (κ1) is 14.9. The standard InChI is InChI=1S/C14H30N2O/c1-14(2)6-4-7-15-9-11-16(12-10-15)8-5-13-17-3/h14H,4-13H2,1-3H3. The molecule has 3 nitrogen and oxygen atoms in total. The van der Waals surface area contributed by atoms with Gasteiger partial charge in [0.15, 0.2) is 0 Å². The highest BCUT2D eigenvalue weighted by atomic mass is 16.5. The van der Waals surface area contributed by atoms with Crippen LogP contribution in [-0.4, -0.2) is 62.8 Å². The Hall–Kier alpha value is -0.120. The van der Waals surface area contributed by atoms with Crippen molar-refractivity contribution < 1.29 is 4.74 Å². The van der Waals surface area contributed by atoms with Gasteiger partial charge in [0, 0.05) is 46.4 Å². The summed E-state index contributed by atoms with van der Waals surface area (Å²) in [6.45, 7) is 13.0. The van der Waals surface area contributed by atoms with E-state index in [1.54, 1.807) is 7.11 Å². The van der Waals surface area contributed by atoms with E-state index in [9.17, 15) is 0 Å². The molecule has 102 valence electrons. The van der Waals surface area contributed by atoms with Gasteiger partial charge in [0.1, 0.15) is 0 Å². The minimum atomic E-state index is 0.852. The van der Waals surface area contributed by atoms with Crippen molar-refractivity contribution in [1.29, 1.82) is 0 Å². The molecule has 1 aliphatic rings. The van der Waals surface area contributed by atoms with Crippen molar-refractivity contribution in [3.8, 4) is 0 Å². The van der Waals surface area contributed by atoms with Gasteiger partial charge < -0.3 is 14.5 Å². The molecule has 0 atom stereocenters. The number of hydrogen-bond acceptors (Lipinski definition) is 3. The summed E-state index contributed by atoms with van der Waals surface area (Å²) in [5, 5.41) is 0. The second kappa shape index (κ2) is 8.90. The Labute approximate surface area is 107 Å². The van der Waals surface area contributed by atoms with E-state index in [1.807, 2.05) is 0 Å². The molecule has 1 heterocycles. The van der Waals surface area contributed by atoms with E-state index >= 15 is 0 Å². The van der Waals surface area contributed by atoms with Crippen LogP contribution in [0.4, 0.5) is 0 Å². The van der Waals surface area contributed by atoms with E-state index in [-0.39, 0.29) is 0 Å². The van der Waals surface area contributed by atoms with Crippen LogP contribution in [0.1, 0.15) is 33.1 Å². The monoisotopic (exact) mass is 242 g/mol. The third-order valence-corrected chi connectivity index (χ3v) is 3.54. The predicted molar refractivity (Wildman–Crippen MR) is 73.4 cm³/mol. The largest absolute Gasteiger partial charge is 0.385 e. The molecule has 3 heteroatoms. The van der Waals surface area contributed by atoms with E-state index in [4.69, 9.17) is 4.74 Å². The van der Waals surface area contributed by atoms with E-state index in [0.29, 0.717) is 0 Å². The summed E-state index contributed by atoms with van der Waals surface area (Å²) in [6.07, 6.45) is 3.90. The Bertz CT molecular complexity index is 177. The molecule has 0 radical (unpaired) electrons. The summed E-state index contributed by atoms with van der Waals surface area (Å²) >= 11 is 0. The lowest BCUT2D eigenvalue weighted by molar-refractivity contribution is 0.115. The van der Waals surface area contributed by atoms with Crippen LogP contribution in [0.3, 0.4) is 0 Å². The van der Waals surface area contributed by atoms with Crippen molar-refractivity contribution in [3.05, 3.63) is 0 Å². The van der Waals surface area contributed by atoms with Gasteiger partial charge >= 0.3 is 0 Å². The Kier molecular flexibility index (Phi) is 7.82. The van der Waals surface area contributed by atoms with Crippen LogP contribution in [0.2, 0.25) is 0 Å². The predicted octanol–water partition coefficient (Wildman–Crippen LogP) is 2.08. The molecule has 0 N–H and O–H groups in total. The fraction of sp³-hybridized carbons (Fsp3) is 1.00. The van der Waals surface area contributed by atoms with Crippen LogP contribution >= 0.6 is 0 Å². The summed E-state index contributed by atoms with van der Waals surface area (Å²) in [6, 6.07) is 0. The molecule has 1 fully saturated rings. The molecule has 0 aromatic rings. The summed E-state index contributed by atoms with van der Waals surface area (Å²) in [5.41, 5.74) is 0. The summed E-state index contributed by atoms with van der Waals surface area (Å²) in [7, 11) is 1.78. The maximum absolute atomic E-state index is 5.09. The molecular formula is C14H30N2O. The van der Waals surface area contributed by atoms with E-state index < -0.39 is 0 Å². The Morgan fingerprint density at radius 3 is 1.94 bits per heavy atom. The van der Waals surface area contributed by atoms with E-state index in [1.165, 1.54) is 58.5 Å². The zero-order valence-corrected chi connectivity index (χ0v) is 12.0. The van der Waals surface area contributed by atoms with Gasteiger partial charge in [-0.05, 0) is 31.7 Å². The van der Waals surface area contributed by atoms with Gasteiger partial charge in [-0.2, -0.15) is 0 Å². The highest BCUT2D eigenvalue weighted by Gasteiger charge is 2.15. The van der Waals surface area contributed by atoms with Crippen LogP contribution in [0.5, 0.6) is 0 Å². The van der Waals surface area contributed by atoms with Gasteiger partial charge in [0.05, 0.1) is 0 Å². The first-order chi connectivity index (χ1) is 8.22. The highest BCUT2D eigenvalue weighted by molar-refractivity contribution is 4.71. The quantitative estimate of drug-likeness (QED) is 0.606. The second-order valence-corrected chi connectivity index (χ2v) is 5.57. The van der Waals surface area contributed by atoms with Gasteiger partial charge in [-0.25, -0.2) is 0 Å². The molecule has 0 saturated carbocycles. The first-order valence-electron chi connectivity index (χ1n) is 7.16. The topological polar surface area (TPSA) is 15.7 Å². The van der Waals surface area contributed by atoms with Crippen molar-refractivity contribution in [2.75, 3.05) is 53.0 Å². The minimum Gasteiger partial charge on any atom is -0.385 e. The molecule has 0 spiro atoms.